The minimum atomic E-state index is -0.123. The van der Waals surface area contributed by atoms with E-state index in [9.17, 15) is 9.59 Å². The van der Waals surface area contributed by atoms with Crippen LogP contribution in [0.25, 0.3) is 0 Å². The Morgan fingerprint density at radius 3 is 2.77 bits per heavy atom. The topological polar surface area (TPSA) is 71.5 Å². The maximum Gasteiger partial charge on any atom is 0.224 e. The highest BCUT2D eigenvalue weighted by Crippen LogP contribution is 2.15. The van der Waals surface area contributed by atoms with Gasteiger partial charge in [-0.3, -0.25) is 14.6 Å². The number of nitrogens with zero attached hydrogens (tertiary/aromatic N) is 2. The number of likely N-dealkylation sites (tertiary alicyclic amines) is 1. The van der Waals surface area contributed by atoms with Gasteiger partial charge in [0.1, 0.15) is 5.75 Å². The molecule has 3 rings (SSSR count). The van der Waals surface area contributed by atoms with Crippen LogP contribution in [0.5, 0.6) is 5.75 Å². The van der Waals surface area contributed by atoms with Crippen LogP contribution >= 0.6 is 0 Å². The van der Waals surface area contributed by atoms with Gasteiger partial charge in [-0.15, -0.1) is 0 Å². The molecule has 0 aliphatic carbocycles. The van der Waals surface area contributed by atoms with Gasteiger partial charge >= 0.3 is 0 Å². The molecule has 0 unspecified atom stereocenters. The van der Waals surface area contributed by atoms with Crippen molar-refractivity contribution in [2.45, 2.75) is 25.3 Å². The first-order chi connectivity index (χ1) is 12.6. The van der Waals surface area contributed by atoms with Crippen LogP contribution < -0.4 is 10.1 Å². The average molecular weight is 353 g/mol. The molecular formula is C20H23N3O3. The summed E-state index contributed by atoms with van der Waals surface area (Å²) in [5, 5.41) is 2.96. The van der Waals surface area contributed by atoms with Crippen LogP contribution in [0.2, 0.25) is 0 Å². The smallest absolute Gasteiger partial charge is 0.224 e. The molecule has 1 atom stereocenters. The van der Waals surface area contributed by atoms with E-state index in [-0.39, 0.29) is 24.3 Å². The zero-order chi connectivity index (χ0) is 18.4. The number of ether oxygens (including phenoxy) is 1. The molecule has 0 saturated carbocycles. The number of rotatable bonds is 7. The first kappa shape index (κ1) is 17.9. The monoisotopic (exact) mass is 353 g/mol. The fraction of sp³-hybridized carbons (Fsp3) is 0.350. The number of aromatic nitrogens is 1. The van der Waals surface area contributed by atoms with Crippen molar-refractivity contribution in [3.63, 3.8) is 0 Å². The summed E-state index contributed by atoms with van der Waals surface area (Å²) >= 11 is 0. The van der Waals surface area contributed by atoms with Crippen molar-refractivity contribution in [2.75, 3.05) is 20.2 Å². The standard InChI is InChI=1S/C20H23N3O3/c1-26-18-6-4-15(5-7-18)8-10-23-14-17(12-20(23)25)22-19(24)11-16-3-2-9-21-13-16/h2-7,9,13,17H,8,10-12,14H2,1H3,(H,22,24)/t17-/m1/s1. The van der Waals surface area contributed by atoms with E-state index in [1.165, 1.54) is 0 Å². The van der Waals surface area contributed by atoms with E-state index in [2.05, 4.69) is 10.3 Å². The molecule has 0 bridgehead atoms. The summed E-state index contributed by atoms with van der Waals surface area (Å²) in [6.07, 6.45) is 4.79. The highest BCUT2D eigenvalue weighted by Gasteiger charge is 2.30. The number of pyridine rings is 1. The van der Waals surface area contributed by atoms with Gasteiger partial charge in [0.15, 0.2) is 0 Å². The lowest BCUT2D eigenvalue weighted by Gasteiger charge is -2.17. The Labute approximate surface area is 153 Å². The largest absolute Gasteiger partial charge is 0.497 e. The molecular weight excluding hydrogens is 330 g/mol. The van der Waals surface area contributed by atoms with Gasteiger partial charge in [0.25, 0.3) is 0 Å². The molecule has 1 fully saturated rings. The van der Waals surface area contributed by atoms with Gasteiger partial charge < -0.3 is 15.0 Å². The molecule has 6 nitrogen and oxygen atoms in total. The van der Waals surface area contributed by atoms with E-state index < -0.39 is 0 Å². The van der Waals surface area contributed by atoms with Crippen molar-refractivity contribution in [1.29, 1.82) is 0 Å². The number of nitrogens with one attached hydrogen (secondary N) is 1. The fourth-order valence-corrected chi connectivity index (χ4v) is 3.11. The van der Waals surface area contributed by atoms with Gasteiger partial charge in [-0.1, -0.05) is 18.2 Å². The lowest BCUT2D eigenvalue weighted by atomic mass is 10.1. The second kappa shape index (κ2) is 8.47. The second-order valence-electron chi connectivity index (χ2n) is 6.44. The van der Waals surface area contributed by atoms with E-state index in [4.69, 9.17) is 4.74 Å². The molecule has 26 heavy (non-hydrogen) atoms. The summed E-state index contributed by atoms with van der Waals surface area (Å²) in [6.45, 7) is 1.22. The van der Waals surface area contributed by atoms with E-state index in [1.54, 1.807) is 19.5 Å². The van der Waals surface area contributed by atoms with Crippen LogP contribution in [0.15, 0.2) is 48.8 Å². The zero-order valence-electron chi connectivity index (χ0n) is 14.9. The molecule has 2 amide bonds. The summed E-state index contributed by atoms with van der Waals surface area (Å²) < 4.78 is 5.15. The Balaban J connectivity index is 1.46. The van der Waals surface area contributed by atoms with E-state index in [0.717, 1.165) is 23.3 Å². The molecule has 1 saturated heterocycles. The van der Waals surface area contributed by atoms with Gasteiger partial charge in [-0.25, -0.2) is 0 Å². The predicted molar refractivity (Wildman–Crippen MR) is 97.8 cm³/mol. The Hall–Kier alpha value is -2.89. The highest BCUT2D eigenvalue weighted by atomic mass is 16.5. The number of hydrogen-bond acceptors (Lipinski definition) is 4. The second-order valence-corrected chi connectivity index (χ2v) is 6.44. The molecule has 1 aromatic carbocycles. The van der Waals surface area contributed by atoms with E-state index in [1.807, 2.05) is 41.3 Å². The third-order valence-electron chi connectivity index (χ3n) is 4.50. The lowest BCUT2D eigenvalue weighted by molar-refractivity contribution is -0.127. The maximum absolute atomic E-state index is 12.2. The van der Waals surface area contributed by atoms with Crippen molar-refractivity contribution < 1.29 is 14.3 Å². The maximum atomic E-state index is 12.2. The molecule has 0 spiro atoms. The van der Waals surface area contributed by atoms with Crippen molar-refractivity contribution >= 4 is 11.8 Å². The third kappa shape index (κ3) is 4.81. The number of carbonyl (C=O) groups excluding carboxylic acids is 2. The first-order valence-electron chi connectivity index (χ1n) is 8.73. The van der Waals surface area contributed by atoms with Gasteiger partial charge in [-0.2, -0.15) is 0 Å². The van der Waals surface area contributed by atoms with Gasteiger partial charge in [-0.05, 0) is 35.7 Å². The van der Waals surface area contributed by atoms with Crippen LogP contribution in [0, 0.1) is 0 Å². The Morgan fingerprint density at radius 2 is 2.08 bits per heavy atom. The van der Waals surface area contributed by atoms with Crippen LogP contribution in [0.1, 0.15) is 17.5 Å². The van der Waals surface area contributed by atoms with Gasteiger partial charge in [0, 0.05) is 31.9 Å². The summed E-state index contributed by atoms with van der Waals surface area (Å²) in [5.74, 6) is 0.834. The molecule has 1 aliphatic rings. The lowest BCUT2D eigenvalue weighted by Crippen LogP contribution is -2.38. The molecule has 6 heteroatoms. The summed E-state index contributed by atoms with van der Waals surface area (Å²) in [4.78, 5) is 30.2. The zero-order valence-corrected chi connectivity index (χ0v) is 14.9. The quantitative estimate of drug-likeness (QED) is 0.821. The number of methoxy groups -OCH3 is 1. The van der Waals surface area contributed by atoms with Crippen LogP contribution in [0.3, 0.4) is 0 Å². The first-order valence-corrected chi connectivity index (χ1v) is 8.73. The Morgan fingerprint density at radius 1 is 1.27 bits per heavy atom. The molecule has 1 N–H and O–H groups in total. The third-order valence-corrected chi connectivity index (χ3v) is 4.50. The summed E-state index contributed by atoms with van der Waals surface area (Å²) in [5.41, 5.74) is 2.02. The number of amides is 2. The van der Waals surface area contributed by atoms with E-state index in [0.29, 0.717) is 19.5 Å². The van der Waals surface area contributed by atoms with Crippen molar-refractivity contribution in [1.82, 2.24) is 15.2 Å². The fourth-order valence-electron chi connectivity index (χ4n) is 3.11. The Bertz CT molecular complexity index is 747. The van der Waals surface area contributed by atoms with Crippen molar-refractivity contribution in [3.05, 3.63) is 59.9 Å². The molecule has 136 valence electrons. The molecule has 2 heterocycles. The highest BCUT2D eigenvalue weighted by molar-refractivity contribution is 5.83. The van der Waals surface area contributed by atoms with Crippen molar-refractivity contribution in [3.8, 4) is 5.75 Å². The minimum absolute atomic E-state index is 0.0761. The van der Waals surface area contributed by atoms with Crippen molar-refractivity contribution in [2.24, 2.45) is 0 Å². The molecule has 2 aromatic rings. The van der Waals surface area contributed by atoms with Crippen LogP contribution in [-0.2, 0) is 22.4 Å². The number of hydrogen-bond donors (Lipinski definition) is 1. The molecule has 1 aromatic heterocycles. The summed E-state index contributed by atoms with van der Waals surface area (Å²) in [6, 6.07) is 11.4. The Kier molecular flexibility index (Phi) is 5.84. The van der Waals surface area contributed by atoms with E-state index >= 15 is 0 Å². The van der Waals surface area contributed by atoms with Gasteiger partial charge in [0.05, 0.1) is 19.6 Å². The molecule has 1 aliphatic heterocycles. The average Bonchev–Trinajstić information content (AvgIpc) is 3.00. The molecule has 0 radical (unpaired) electrons. The van der Waals surface area contributed by atoms with Crippen LogP contribution in [0.4, 0.5) is 0 Å². The minimum Gasteiger partial charge on any atom is -0.497 e. The van der Waals surface area contributed by atoms with Gasteiger partial charge in [0.2, 0.25) is 11.8 Å². The number of benzene rings is 1. The normalized spacial score (nSPS) is 16.6. The number of carbonyl (C=O) groups is 2. The van der Waals surface area contributed by atoms with Crippen LogP contribution in [-0.4, -0.2) is 47.9 Å². The SMILES string of the molecule is COc1ccc(CCN2C[C@H](NC(=O)Cc3cccnc3)CC2=O)cc1. The summed E-state index contributed by atoms with van der Waals surface area (Å²) in [7, 11) is 1.64. The predicted octanol–water partition coefficient (Wildman–Crippen LogP) is 1.59.